The van der Waals surface area contributed by atoms with E-state index in [4.69, 9.17) is 10.8 Å². The summed E-state index contributed by atoms with van der Waals surface area (Å²) in [6.45, 7) is 9.54. The van der Waals surface area contributed by atoms with Crippen LogP contribution < -0.4 is 10.5 Å². The van der Waals surface area contributed by atoms with E-state index in [2.05, 4.69) is 9.73 Å². The topological polar surface area (TPSA) is 88.2 Å². The number of nitrogens with zero attached hydrogens (tertiary/aromatic N) is 2. The molecule has 1 unspecified atom stereocenters. The van der Waals surface area contributed by atoms with Crippen LogP contribution in [0.1, 0.15) is 46.2 Å². The zero-order chi connectivity index (χ0) is 21.7. The van der Waals surface area contributed by atoms with Gasteiger partial charge in [0, 0.05) is 11.2 Å². The van der Waals surface area contributed by atoms with Gasteiger partial charge in [-0.1, -0.05) is 12.1 Å². The Kier molecular flexibility index (Phi) is 7.63. The number of hydrogen-bond donors (Lipinski definition) is 2. The number of hydrogen-bond acceptors (Lipinski definition) is 5. The molecule has 3 N–H and O–H groups in total. The molecule has 0 spiro atoms. The second-order valence-corrected chi connectivity index (χ2v) is 7.41. The van der Waals surface area contributed by atoms with E-state index in [9.17, 15) is 18.0 Å². The first-order valence-corrected chi connectivity index (χ1v) is 8.54. The van der Waals surface area contributed by atoms with E-state index in [-0.39, 0.29) is 29.7 Å². The number of alkyl halides is 3. The molecule has 6 nitrogen and oxygen atoms in total. The van der Waals surface area contributed by atoms with Crippen molar-refractivity contribution >= 4 is 11.7 Å². The Morgan fingerprint density at radius 2 is 1.89 bits per heavy atom. The maximum absolute atomic E-state index is 12.3. The van der Waals surface area contributed by atoms with Gasteiger partial charge in [0.15, 0.2) is 0 Å². The molecule has 1 atom stereocenters. The summed E-state index contributed by atoms with van der Waals surface area (Å²) in [5.41, 5.74) is 6.59. The largest absolute Gasteiger partial charge is 0.573 e. The fourth-order valence-electron chi connectivity index (χ4n) is 2.30. The minimum atomic E-state index is -4.75. The third-order valence-corrected chi connectivity index (χ3v) is 3.45. The van der Waals surface area contributed by atoms with Crippen molar-refractivity contribution in [2.45, 2.75) is 52.6 Å². The van der Waals surface area contributed by atoms with Crippen molar-refractivity contribution in [3.05, 3.63) is 41.6 Å². The number of halogens is 3. The molecular formula is C19H26F3N3O3. The number of ether oxygens (including phenoxy) is 1. The number of allylic oxidation sites excluding steroid dienone is 1. The molecule has 0 amide bonds. The molecule has 0 bridgehead atoms. The Morgan fingerprint density at radius 1 is 1.32 bits per heavy atom. The van der Waals surface area contributed by atoms with Crippen LogP contribution in [0.15, 0.2) is 41.0 Å². The molecule has 1 heterocycles. The summed E-state index contributed by atoms with van der Waals surface area (Å²) in [5, 5.41) is 8.93. The molecule has 1 aromatic carbocycles. The van der Waals surface area contributed by atoms with Crippen LogP contribution >= 0.6 is 0 Å². The zero-order valence-corrected chi connectivity index (χ0v) is 16.5. The molecule has 1 aliphatic heterocycles. The summed E-state index contributed by atoms with van der Waals surface area (Å²) in [4.78, 5) is 16.6. The maximum atomic E-state index is 12.3. The van der Waals surface area contributed by atoms with Gasteiger partial charge in [-0.2, -0.15) is 0 Å². The van der Waals surface area contributed by atoms with E-state index in [0.717, 1.165) is 0 Å². The molecule has 1 aromatic rings. The van der Waals surface area contributed by atoms with E-state index in [0.29, 0.717) is 11.3 Å². The van der Waals surface area contributed by atoms with Crippen LogP contribution in [-0.4, -0.2) is 40.3 Å². The van der Waals surface area contributed by atoms with Crippen LogP contribution in [0.2, 0.25) is 0 Å². The minimum Gasteiger partial charge on any atom is -0.477 e. The van der Waals surface area contributed by atoms with Gasteiger partial charge >= 0.3 is 12.3 Å². The lowest BCUT2D eigenvalue weighted by Crippen LogP contribution is -2.31. The summed E-state index contributed by atoms with van der Waals surface area (Å²) in [6.07, 6.45) is -3.32. The number of carbonyl (C=O) groups is 1. The van der Waals surface area contributed by atoms with Crippen LogP contribution in [0.3, 0.4) is 0 Å². The molecule has 1 aliphatic rings. The summed E-state index contributed by atoms with van der Waals surface area (Å²) in [5.74, 6) is -1.41. The van der Waals surface area contributed by atoms with E-state index >= 15 is 0 Å². The van der Waals surface area contributed by atoms with Crippen molar-refractivity contribution in [3.8, 4) is 5.75 Å². The number of aliphatic imine (C=N–C) groups is 1. The van der Waals surface area contributed by atoms with Crippen molar-refractivity contribution < 1.29 is 27.8 Å². The third kappa shape index (κ3) is 8.43. The highest BCUT2D eigenvalue weighted by Gasteiger charge is 2.31. The first-order valence-electron chi connectivity index (χ1n) is 8.54. The van der Waals surface area contributed by atoms with E-state index < -0.39 is 12.3 Å². The van der Waals surface area contributed by atoms with E-state index in [1.165, 1.54) is 24.3 Å². The molecule has 9 heteroatoms. The zero-order valence-electron chi connectivity index (χ0n) is 16.5. The Bertz CT molecular complexity index is 747. The van der Waals surface area contributed by atoms with Gasteiger partial charge < -0.3 is 20.5 Å². The van der Waals surface area contributed by atoms with Gasteiger partial charge in [0.25, 0.3) is 0 Å². The number of carboxylic acids is 1. The second kappa shape index (κ2) is 9.09. The minimum absolute atomic E-state index is 0. The van der Waals surface area contributed by atoms with Gasteiger partial charge in [-0.25, -0.2) is 4.79 Å². The van der Waals surface area contributed by atoms with E-state index in [1.807, 2.05) is 20.8 Å². The van der Waals surface area contributed by atoms with Gasteiger partial charge in [0.2, 0.25) is 0 Å². The Hall–Kier alpha value is -2.55. The van der Waals surface area contributed by atoms with Gasteiger partial charge in [-0.3, -0.25) is 4.99 Å². The molecule has 0 radical (unpaired) electrons. The quantitative estimate of drug-likeness (QED) is 0.793. The van der Waals surface area contributed by atoms with Gasteiger partial charge in [-0.05, 0) is 58.4 Å². The fourth-order valence-corrected chi connectivity index (χ4v) is 2.30. The molecule has 28 heavy (non-hydrogen) atoms. The van der Waals surface area contributed by atoms with Crippen LogP contribution in [0.5, 0.6) is 5.75 Å². The van der Waals surface area contributed by atoms with Crippen molar-refractivity contribution in [3.63, 3.8) is 0 Å². The number of nitrogens with two attached hydrogens (primary N) is 1. The average Bonchev–Trinajstić information content (AvgIpc) is 2.51. The lowest BCUT2D eigenvalue weighted by Gasteiger charge is -2.33. The van der Waals surface area contributed by atoms with Gasteiger partial charge in [-0.15, -0.1) is 13.2 Å². The standard InChI is InChI=1S/C15H15F3N2O3.C4H11N/c1-9-6-13(14(21)22)19-8-20(9)10(2)11-4-3-5-12(7-11)23-15(16,17)18;1-4(2,3)5/h3-7,10H,8H2,1-2H3,(H,21,22);5H2,1-3H3. The average molecular weight is 401 g/mol. The molecule has 0 aliphatic carbocycles. The highest BCUT2D eigenvalue weighted by atomic mass is 19.4. The van der Waals surface area contributed by atoms with Gasteiger partial charge in [0.1, 0.15) is 18.1 Å². The van der Waals surface area contributed by atoms with Crippen LogP contribution in [0, 0.1) is 0 Å². The van der Waals surface area contributed by atoms with Crippen molar-refractivity contribution in [1.82, 2.24) is 4.90 Å². The Balaban J connectivity index is 0.000000696. The molecule has 156 valence electrons. The Labute approximate surface area is 162 Å². The fraction of sp³-hybridized carbons (Fsp3) is 0.474. The number of rotatable bonds is 4. The van der Waals surface area contributed by atoms with Crippen LogP contribution in [0.4, 0.5) is 13.2 Å². The monoisotopic (exact) mass is 401 g/mol. The molecule has 0 saturated carbocycles. The van der Waals surface area contributed by atoms with Crippen LogP contribution in [0.25, 0.3) is 0 Å². The molecule has 2 rings (SSSR count). The van der Waals surface area contributed by atoms with Crippen molar-refractivity contribution in [2.75, 3.05) is 6.67 Å². The number of benzene rings is 1. The normalized spacial score (nSPS) is 15.7. The highest BCUT2D eigenvalue weighted by molar-refractivity contribution is 6.40. The maximum Gasteiger partial charge on any atom is 0.573 e. The van der Waals surface area contributed by atoms with Crippen LogP contribution in [-0.2, 0) is 4.79 Å². The van der Waals surface area contributed by atoms with Gasteiger partial charge in [0.05, 0.1) is 6.04 Å². The number of carboxylic acid groups (broad SMARTS) is 1. The number of aliphatic carboxylic acids is 1. The molecular weight excluding hydrogens is 375 g/mol. The predicted octanol–water partition coefficient (Wildman–Crippen LogP) is 4.09. The first kappa shape index (κ1) is 23.5. The summed E-state index contributed by atoms with van der Waals surface area (Å²) < 4.78 is 40.8. The first-order chi connectivity index (χ1) is 12.7. The SMILES string of the molecule is CC(C)(C)N.CC1=CC(C(=O)O)=NCN1C(C)c1cccc(OC(F)(F)F)c1. The predicted molar refractivity (Wildman–Crippen MR) is 101 cm³/mol. The molecule has 0 fully saturated rings. The summed E-state index contributed by atoms with van der Waals surface area (Å²) in [6, 6.07) is 5.40. The summed E-state index contributed by atoms with van der Waals surface area (Å²) in [7, 11) is 0. The molecule has 0 saturated heterocycles. The lowest BCUT2D eigenvalue weighted by molar-refractivity contribution is -0.274. The second-order valence-electron chi connectivity index (χ2n) is 7.41. The highest BCUT2D eigenvalue weighted by Crippen LogP contribution is 2.30. The van der Waals surface area contributed by atoms with E-state index in [1.54, 1.807) is 24.8 Å². The smallest absolute Gasteiger partial charge is 0.477 e. The Morgan fingerprint density at radius 3 is 2.36 bits per heavy atom. The summed E-state index contributed by atoms with van der Waals surface area (Å²) >= 11 is 0. The van der Waals surface area contributed by atoms with Crippen molar-refractivity contribution in [2.24, 2.45) is 10.7 Å². The third-order valence-electron chi connectivity index (χ3n) is 3.45. The van der Waals surface area contributed by atoms with Crippen molar-refractivity contribution in [1.29, 1.82) is 0 Å². The lowest BCUT2D eigenvalue weighted by atomic mass is 10.1. The molecule has 0 aromatic heterocycles.